The first-order valence-electron chi connectivity index (χ1n) is 12.2. The number of ether oxygens (including phenoxy) is 2. The average Bonchev–Trinajstić information content (AvgIpc) is 2.86. The number of hydrogen-bond acceptors (Lipinski definition) is 3. The minimum atomic E-state index is -0.313. The molecule has 0 heterocycles. The van der Waals surface area contributed by atoms with Crippen LogP contribution in [0.5, 0.6) is 11.5 Å². The van der Waals surface area contributed by atoms with Crippen molar-refractivity contribution in [3.05, 3.63) is 114 Å². The molecular formula is C32H36O3. The van der Waals surface area contributed by atoms with Gasteiger partial charge >= 0.3 is 0 Å². The highest BCUT2D eigenvalue weighted by Crippen LogP contribution is 2.36. The zero-order valence-corrected chi connectivity index (χ0v) is 21.1. The maximum Gasteiger partial charge on any atom is 0.196 e. The molecule has 3 aromatic carbocycles. The van der Waals surface area contributed by atoms with E-state index < -0.39 is 0 Å². The van der Waals surface area contributed by atoms with E-state index in [9.17, 15) is 5.11 Å². The quantitative estimate of drug-likeness (QED) is 0.288. The van der Waals surface area contributed by atoms with Gasteiger partial charge in [-0.3, -0.25) is 0 Å². The van der Waals surface area contributed by atoms with Gasteiger partial charge in [0.2, 0.25) is 0 Å². The van der Waals surface area contributed by atoms with E-state index in [0.717, 1.165) is 22.4 Å². The number of benzene rings is 3. The van der Waals surface area contributed by atoms with Gasteiger partial charge in [-0.15, -0.1) is 0 Å². The molecule has 0 saturated heterocycles. The lowest BCUT2D eigenvalue weighted by atomic mass is 9.75. The van der Waals surface area contributed by atoms with E-state index in [2.05, 4.69) is 86.7 Å². The number of rotatable bonds is 11. The molecule has 3 nitrogen and oxygen atoms in total. The van der Waals surface area contributed by atoms with Gasteiger partial charge in [-0.25, -0.2) is 0 Å². The van der Waals surface area contributed by atoms with E-state index in [1.165, 1.54) is 0 Å². The smallest absolute Gasteiger partial charge is 0.196 e. The predicted octanol–water partition coefficient (Wildman–Crippen LogP) is 8.24. The maximum atomic E-state index is 9.63. The zero-order valence-electron chi connectivity index (χ0n) is 21.1. The first-order chi connectivity index (χ1) is 16.9. The van der Waals surface area contributed by atoms with E-state index in [-0.39, 0.29) is 17.5 Å². The van der Waals surface area contributed by atoms with Crippen LogP contribution in [0.15, 0.2) is 97.1 Å². The van der Waals surface area contributed by atoms with E-state index in [4.69, 9.17) is 9.47 Å². The molecule has 0 aromatic heterocycles. The Hall–Kier alpha value is -3.56. The molecule has 2 atom stereocenters. The summed E-state index contributed by atoms with van der Waals surface area (Å²) >= 11 is 0. The van der Waals surface area contributed by atoms with E-state index in [1.807, 2.05) is 44.2 Å². The van der Waals surface area contributed by atoms with Crippen molar-refractivity contribution in [2.75, 3.05) is 6.61 Å². The van der Waals surface area contributed by atoms with E-state index in [0.29, 0.717) is 12.5 Å². The van der Waals surface area contributed by atoms with Crippen molar-refractivity contribution >= 4 is 18.2 Å². The highest BCUT2D eigenvalue weighted by atomic mass is 16.7. The Morgan fingerprint density at radius 3 is 1.69 bits per heavy atom. The van der Waals surface area contributed by atoms with Gasteiger partial charge in [0.05, 0.1) is 0 Å². The van der Waals surface area contributed by atoms with Crippen LogP contribution in [-0.2, 0) is 4.74 Å². The fraction of sp³-hybridized carbons (Fsp3) is 0.250. The van der Waals surface area contributed by atoms with E-state index in [1.54, 1.807) is 12.1 Å². The number of allylic oxidation sites excluding steroid dienone is 3. The van der Waals surface area contributed by atoms with Crippen LogP contribution >= 0.6 is 0 Å². The van der Waals surface area contributed by atoms with Crippen LogP contribution in [0.3, 0.4) is 0 Å². The van der Waals surface area contributed by atoms with E-state index >= 15 is 0 Å². The molecule has 0 saturated carbocycles. The minimum Gasteiger partial charge on any atom is -0.508 e. The van der Waals surface area contributed by atoms with Gasteiger partial charge in [-0.05, 0) is 60.7 Å². The Morgan fingerprint density at radius 1 is 0.714 bits per heavy atom. The summed E-state index contributed by atoms with van der Waals surface area (Å²) < 4.78 is 11.3. The van der Waals surface area contributed by atoms with Crippen LogP contribution < -0.4 is 4.74 Å². The lowest BCUT2D eigenvalue weighted by molar-refractivity contribution is -0.0613. The van der Waals surface area contributed by atoms with Crippen molar-refractivity contribution in [1.82, 2.24) is 0 Å². The van der Waals surface area contributed by atoms with Gasteiger partial charge in [0.25, 0.3) is 0 Å². The number of phenols is 1. The molecule has 3 aromatic rings. The largest absolute Gasteiger partial charge is 0.508 e. The third-order valence-corrected chi connectivity index (χ3v) is 5.97. The molecule has 0 aliphatic rings. The molecule has 1 N–H and O–H groups in total. The van der Waals surface area contributed by atoms with Crippen LogP contribution in [-0.4, -0.2) is 18.0 Å². The molecule has 35 heavy (non-hydrogen) atoms. The average molecular weight is 469 g/mol. The molecule has 2 unspecified atom stereocenters. The molecule has 0 amide bonds. The van der Waals surface area contributed by atoms with Gasteiger partial charge in [0.1, 0.15) is 11.5 Å². The van der Waals surface area contributed by atoms with Gasteiger partial charge in [-0.2, -0.15) is 0 Å². The normalized spacial score (nSPS) is 14.7. The Labute approximate surface area is 210 Å². The SMILES string of the molecule is CCOC(C)Oc1ccc(C=CC(C=Cc2ccccc2)(C=Cc2ccc(O)cc2)C(C)C)cc1. The Bertz CT molecular complexity index is 1110. The summed E-state index contributed by atoms with van der Waals surface area (Å²) in [5.41, 5.74) is 2.98. The van der Waals surface area contributed by atoms with Gasteiger partial charge in [0.15, 0.2) is 6.29 Å². The molecule has 3 rings (SSSR count). The molecule has 0 bridgehead atoms. The summed E-state index contributed by atoms with van der Waals surface area (Å²) in [7, 11) is 0. The van der Waals surface area contributed by atoms with Crippen LogP contribution in [0.1, 0.15) is 44.4 Å². The zero-order chi connectivity index (χ0) is 25.1. The molecule has 0 spiro atoms. The summed E-state index contributed by atoms with van der Waals surface area (Å²) in [4.78, 5) is 0. The summed E-state index contributed by atoms with van der Waals surface area (Å²) in [5, 5.41) is 9.63. The van der Waals surface area contributed by atoms with Gasteiger partial charge in [-0.1, -0.05) is 105 Å². The number of aromatic hydroxyl groups is 1. The van der Waals surface area contributed by atoms with Crippen molar-refractivity contribution in [3.8, 4) is 11.5 Å². The third kappa shape index (κ3) is 8.01. The summed E-state index contributed by atoms with van der Waals surface area (Å²) in [5.74, 6) is 1.36. The third-order valence-electron chi connectivity index (χ3n) is 5.97. The van der Waals surface area contributed by atoms with Gasteiger partial charge in [0, 0.05) is 12.0 Å². The number of hydrogen-bond donors (Lipinski definition) is 1. The molecule has 182 valence electrons. The molecule has 0 radical (unpaired) electrons. The summed E-state index contributed by atoms with van der Waals surface area (Å²) in [6, 6.07) is 25.7. The first-order valence-corrected chi connectivity index (χ1v) is 12.2. The van der Waals surface area contributed by atoms with Crippen molar-refractivity contribution in [3.63, 3.8) is 0 Å². The Morgan fingerprint density at radius 2 is 1.20 bits per heavy atom. The lowest BCUT2D eigenvalue weighted by Crippen LogP contribution is -2.19. The second-order valence-electron chi connectivity index (χ2n) is 8.87. The van der Waals surface area contributed by atoms with Crippen molar-refractivity contribution in [2.24, 2.45) is 11.3 Å². The fourth-order valence-electron chi connectivity index (χ4n) is 3.73. The molecule has 3 heteroatoms. The van der Waals surface area contributed by atoms with Crippen molar-refractivity contribution < 1.29 is 14.6 Å². The standard InChI is InChI=1S/C32H36O3/c1-5-34-26(4)35-31-17-13-29(14-18-31)21-24-32(25(2)3,22-19-27-9-7-6-8-10-27)23-20-28-11-15-30(33)16-12-28/h6-26,33H,5H2,1-4H3. The molecule has 0 aliphatic carbocycles. The highest BCUT2D eigenvalue weighted by molar-refractivity contribution is 5.60. The minimum absolute atomic E-state index is 0.268. The predicted molar refractivity (Wildman–Crippen MR) is 147 cm³/mol. The fourth-order valence-corrected chi connectivity index (χ4v) is 3.73. The van der Waals surface area contributed by atoms with Gasteiger partial charge < -0.3 is 14.6 Å². The molecule has 0 fully saturated rings. The van der Waals surface area contributed by atoms with Crippen molar-refractivity contribution in [1.29, 1.82) is 0 Å². The second kappa shape index (κ2) is 12.8. The Kier molecular flexibility index (Phi) is 9.51. The number of phenolic OH excluding ortho intramolecular Hbond substituents is 1. The van der Waals surface area contributed by atoms with Crippen LogP contribution in [0.2, 0.25) is 0 Å². The Balaban J connectivity index is 1.91. The molecule has 0 aliphatic heterocycles. The maximum absolute atomic E-state index is 9.63. The van der Waals surface area contributed by atoms with Crippen LogP contribution in [0, 0.1) is 11.3 Å². The highest BCUT2D eigenvalue weighted by Gasteiger charge is 2.25. The van der Waals surface area contributed by atoms with Crippen LogP contribution in [0.4, 0.5) is 0 Å². The lowest BCUT2D eigenvalue weighted by Gasteiger charge is -2.29. The van der Waals surface area contributed by atoms with Crippen molar-refractivity contribution in [2.45, 2.75) is 34.0 Å². The molecular weight excluding hydrogens is 432 g/mol. The second-order valence-corrected chi connectivity index (χ2v) is 8.87. The summed E-state index contributed by atoms with van der Waals surface area (Å²) in [6.07, 6.45) is 12.9. The van der Waals surface area contributed by atoms with Crippen LogP contribution in [0.25, 0.3) is 18.2 Å². The summed E-state index contributed by atoms with van der Waals surface area (Å²) in [6.45, 7) is 8.93. The first kappa shape index (κ1) is 26.1. The topological polar surface area (TPSA) is 38.7 Å². The monoisotopic (exact) mass is 468 g/mol.